The van der Waals surface area contributed by atoms with Gasteiger partial charge in [-0.05, 0) is 144 Å². The molecule has 0 fully saturated rings. The van der Waals surface area contributed by atoms with E-state index in [0.29, 0.717) is 0 Å². The highest BCUT2D eigenvalue weighted by Crippen LogP contribution is 2.49. The summed E-state index contributed by atoms with van der Waals surface area (Å²) in [5.41, 5.74) is -9.20. The lowest BCUT2D eigenvalue weighted by Crippen LogP contribution is -2.61. The molecule has 2 aliphatic heterocycles. The Balaban J connectivity index is 1.59. The molecule has 10 rings (SSSR count). The zero-order chi connectivity index (χ0) is 68.3. The van der Waals surface area contributed by atoms with Crippen molar-refractivity contribution >= 4 is 85.1 Å². The number of nitrogens with zero attached hydrogens (tertiary/aromatic N) is 3. The highest BCUT2D eigenvalue weighted by molar-refractivity contribution is 7.00. The quantitative estimate of drug-likeness (QED) is 0.159. The molecule has 0 aromatic heterocycles. The molecule has 8 aromatic carbocycles. The third-order valence-corrected chi connectivity index (χ3v) is 11.7. The number of hydrogen-bond acceptors (Lipinski definition) is 3. The lowest BCUT2D eigenvalue weighted by atomic mass is 9.33. The van der Waals surface area contributed by atoms with Gasteiger partial charge in [-0.3, -0.25) is 0 Å². The van der Waals surface area contributed by atoms with Gasteiger partial charge in [-0.15, -0.1) is 0 Å². The summed E-state index contributed by atoms with van der Waals surface area (Å²) in [6.45, 7) is 18.7. The van der Waals surface area contributed by atoms with E-state index in [0.717, 1.165) is 20.8 Å². The summed E-state index contributed by atoms with van der Waals surface area (Å²) in [5.74, 6) is 0. The molecule has 0 saturated heterocycles. The van der Waals surface area contributed by atoms with Crippen molar-refractivity contribution in [2.45, 2.75) is 105 Å². The Bertz CT molecular complexity index is 4340. The maximum absolute atomic E-state index is 10.5. The van der Waals surface area contributed by atoms with Gasteiger partial charge in [0.1, 0.15) is 0 Å². The van der Waals surface area contributed by atoms with Gasteiger partial charge in [-0.2, -0.15) is 0 Å². The van der Waals surface area contributed by atoms with Crippen LogP contribution in [0, 0.1) is 0 Å². The molecule has 0 radical (unpaired) electrons. The van der Waals surface area contributed by atoms with Gasteiger partial charge in [0.25, 0.3) is 6.71 Å². The van der Waals surface area contributed by atoms with E-state index in [-0.39, 0.29) is 50.0 Å². The smallest absolute Gasteiger partial charge is 0.252 e. The standard InChI is InChI=1S/C62H64BN3/c1-59(2,3)43-23-30-48(31-24-43)65-54-34-27-45(61(7,8)9)37-52(54)63-53-38-46(62(10,11)12)28-35-55(53)66(49-32-25-44(26-33-49)60(4,5)6)57-40-51(39-56(65)58(57)63)64(47-20-14-13-15-21-47)50-29-22-41-18-16-17-19-42(41)36-50/h13-40H,1-12H3/i13D,14D,15D,16D,17D,18D,19D,20D,21D,22D,23D,24D,25D,26D,27D,28D,30D,31D,32D,33D,34D,35D,36D,37D,38D. The van der Waals surface area contributed by atoms with E-state index in [1.165, 1.54) is 12.1 Å². The first-order valence-corrected chi connectivity index (χ1v) is 21.9. The maximum Gasteiger partial charge on any atom is 0.252 e. The van der Waals surface area contributed by atoms with E-state index in [4.69, 9.17) is 9.60 Å². The molecule has 0 N–H and O–H groups in total. The first kappa shape index (κ1) is 23.3. The lowest BCUT2D eigenvalue weighted by molar-refractivity contribution is 0.590. The van der Waals surface area contributed by atoms with E-state index in [2.05, 4.69) is 0 Å². The van der Waals surface area contributed by atoms with Crippen LogP contribution >= 0.6 is 0 Å². The minimum absolute atomic E-state index is 0.00314. The molecule has 2 aliphatic rings. The predicted molar refractivity (Wildman–Crippen MR) is 287 cm³/mol. The Hall–Kier alpha value is -6.52. The number of fused-ring (bicyclic) bond motifs is 5. The number of benzene rings is 8. The highest BCUT2D eigenvalue weighted by atomic mass is 15.2. The fourth-order valence-corrected chi connectivity index (χ4v) is 8.16. The van der Waals surface area contributed by atoms with Crippen molar-refractivity contribution in [3.05, 3.63) is 192 Å². The van der Waals surface area contributed by atoms with Gasteiger partial charge < -0.3 is 14.7 Å². The summed E-state index contributed by atoms with van der Waals surface area (Å²) >= 11 is 0. The molecular weight excluding hydrogens is 798 g/mol. The molecule has 0 saturated carbocycles. The summed E-state index contributed by atoms with van der Waals surface area (Å²) in [7, 11) is 0. The van der Waals surface area contributed by atoms with Crippen molar-refractivity contribution in [1.29, 1.82) is 0 Å². The molecule has 0 spiro atoms. The van der Waals surface area contributed by atoms with Gasteiger partial charge in [-0.1, -0.05) is 180 Å². The van der Waals surface area contributed by atoms with Gasteiger partial charge in [-0.25, -0.2) is 0 Å². The summed E-state index contributed by atoms with van der Waals surface area (Å²) < 4.78 is 241. The van der Waals surface area contributed by atoms with E-state index in [1.807, 2.05) is 0 Å². The molecule has 2 heterocycles. The molecule has 0 atom stereocenters. The zero-order valence-electron chi connectivity index (χ0n) is 64.2. The largest absolute Gasteiger partial charge is 0.311 e. The van der Waals surface area contributed by atoms with Crippen molar-refractivity contribution in [3.63, 3.8) is 0 Å². The van der Waals surface area contributed by atoms with Crippen LogP contribution in [0.2, 0.25) is 0 Å². The minimum Gasteiger partial charge on any atom is -0.311 e. The van der Waals surface area contributed by atoms with Gasteiger partial charge in [0.2, 0.25) is 0 Å². The first-order chi connectivity index (χ1) is 41.7. The zero-order valence-corrected chi connectivity index (χ0v) is 39.2. The van der Waals surface area contributed by atoms with Crippen LogP contribution in [-0.4, -0.2) is 6.71 Å². The Morgan fingerprint density at radius 3 is 1.27 bits per heavy atom. The molecule has 0 amide bonds. The van der Waals surface area contributed by atoms with Crippen LogP contribution in [0.3, 0.4) is 0 Å². The average Bonchev–Trinajstić information content (AvgIpc) is 0.674. The Morgan fingerprint density at radius 1 is 0.394 bits per heavy atom. The second kappa shape index (κ2) is 15.5. The van der Waals surface area contributed by atoms with Crippen molar-refractivity contribution < 1.29 is 34.3 Å². The molecule has 66 heavy (non-hydrogen) atoms. The molecule has 330 valence electrons. The third kappa shape index (κ3) is 7.59. The van der Waals surface area contributed by atoms with Crippen LogP contribution in [0.1, 0.15) is 140 Å². The van der Waals surface area contributed by atoms with Gasteiger partial charge >= 0.3 is 0 Å². The van der Waals surface area contributed by atoms with Crippen LogP contribution in [0.5, 0.6) is 0 Å². The minimum atomic E-state index is -1.63. The topological polar surface area (TPSA) is 9.72 Å². The number of anilines is 9. The van der Waals surface area contributed by atoms with Gasteiger partial charge in [0.05, 0.1) is 40.0 Å². The summed E-state index contributed by atoms with van der Waals surface area (Å²) in [6, 6.07) is -13.7. The first-order valence-electron chi connectivity index (χ1n) is 34.4. The molecule has 8 aromatic rings. The van der Waals surface area contributed by atoms with E-state index in [9.17, 15) is 24.7 Å². The lowest BCUT2D eigenvalue weighted by Gasteiger charge is -2.45. The van der Waals surface area contributed by atoms with E-state index < -0.39 is 230 Å². The van der Waals surface area contributed by atoms with E-state index in [1.54, 1.807) is 83.1 Å². The molecule has 0 aliphatic carbocycles. The molecule has 4 heteroatoms. The van der Waals surface area contributed by atoms with Crippen LogP contribution in [0.15, 0.2) is 169 Å². The number of para-hydroxylation sites is 1. The molecular formula is C62H64BN3. The van der Waals surface area contributed by atoms with Crippen LogP contribution in [0.25, 0.3) is 10.8 Å². The Morgan fingerprint density at radius 2 is 0.818 bits per heavy atom. The third-order valence-electron chi connectivity index (χ3n) is 11.7. The predicted octanol–water partition coefficient (Wildman–Crippen LogP) is 15.6. The summed E-state index contributed by atoms with van der Waals surface area (Å²) in [5, 5.41) is -0.968. The Labute approximate surface area is 430 Å². The van der Waals surface area contributed by atoms with Gasteiger partial charge in [0.15, 0.2) is 0 Å². The highest BCUT2D eigenvalue weighted by Gasteiger charge is 2.45. The van der Waals surface area contributed by atoms with Crippen LogP contribution in [0.4, 0.5) is 51.2 Å². The second-order valence-electron chi connectivity index (χ2n) is 20.8. The van der Waals surface area contributed by atoms with Crippen LogP contribution in [-0.2, 0) is 21.7 Å². The molecule has 0 unspecified atom stereocenters. The summed E-state index contributed by atoms with van der Waals surface area (Å²) in [4.78, 5) is 3.17. The SMILES string of the molecule is [2H]c1c([2H])c([2H])c(N(c2cc3c4c(c2)N(c2c([2H])c([2H])c(C(C)(C)C)c([2H])c2[2H])c2c([2H])c([2H])c(C(C)(C)C)c([2H])c2B4c2c([2H])c(C(C)(C)C)c([2H])c([2H])c2N3c2c([2H])c([2H])c(C(C)(C)C)c([2H])c2[2H])c2cc([2H])c3c([2H])c([2H])c([2H])c([2H])c3c2[2H])c([2H])c1[2H]. The Kier molecular flexibility index (Phi) is 5.49. The molecule has 0 bridgehead atoms. The number of hydrogen-bond donors (Lipinski definition) is 0. The molecule has 3 nitrogen and oxygen atoms in total. The van der Waals surface area contributed by atoms with Crippen LogP contribution < -0.4 is 31.1 Å². The second-order valence-corrected chi connectivity index (χ2v) is 20.8. The van der Waals surface area contributed by atoms with E-state index >= 15 is 0 Å². The number of rotatable bonds is 5. The van der Waals surface area contributed by atoms with Crippen molar-refractivity contribution in [3.8, 4) is 0 Å². The van der Waals surface area contributed by atoms with Gasteiger partial charge in [0, 0.05) is 45.5 Å². The fraction of sp³-hybridized carbons (Fsp3) is 0.258. The van der Waals surface area contributed by atoms with Crippen molar-refractivity contribution in [1.82, 2.24) is 0 Å². The maximum atomic E-state index is 10.5. The average molecular weight is 887 g/mol. The monoisotopic (exact) mass is 887 g/mol. The summed E-state index contributed by atoms with van der Waals surface area (Å²) in [6.07, 6.45) is 0. The van der Waals surface area contributed by atoms with Crippen molar-refractivity contribution in [2.24, 2.45) is 0 Å². The van der Waals surface area contributed by atoms with Crippen molar-refractivity contribution in [2.75, 3.05) is 14.7 Å². The fourth-order valence-electron chi connectivity index (χ4n) is 8.16. The normalized spacial score (nSPS) is 19.0.